The van der Waals surface area contributed by atoms with Gasteiger partial charge in [-0.1, -0.05) is 57.2 Å². The highest BCUT2D eigenvalue weighted by molar-refractivity contribution is 6.74. The summed E-state index contributed by atoms with van der Waals surface area (Å²) in [5.74, 6) is 0.948. The normalized spacial score (nSPS) is 15.8. The Morgan fingerprint density at radius 2 is 1.92 bits per heavy atom. The van der Waals surface area contributed by atoms with Crippen LogP contribution in [0.5, 0.6) is 0 Å². The largest absolute Gasteiger partial charge is 0.479 e. The van der Waals surface area contributed by atoms with Gasteiger partial charge in [0.15, 0.2) is 13.9 Å². The first-order chi connectivity index (χ1) is 11.0. The van der Waals surface area contributed by atoms with Crippen LogP contribution >= 0.6 is 0 Å². The maximum atomic E-state index is 12.3. The van der Waals surface area contributed by atoms with Crippen LogP contribution in [-0.4, -0.2) is 25.0 Å². The van der Waals surface area contributed by atoms with Gasteiger partial charge in [-0.25, -0.2) is 4.79 Å². The molecule has 130 valence electrons. The molecule has 0 saturated carbocycles. The Bertz CT molecular complexity index is 623. The van der Waals surface area contributed by atoms with E-state index in [1.54, 1.807) is 6.08 Å². The number of hydrogen-bond acceptors (Lipinski definition) is 2. The highest BCUT2D eigenvalue weighted by Gasteiger charge is 2.52. The van der Waals surface area contributed by atoms with E-state index < -0.39 is 25.8 Å². The molecule has 2 atom stereocenters. The van der Waals surface area contributed by atoms with Gasteiger partial charge in [0.05, 0.1) is 0 Å². The Kier molecular flexibility index (Phi) is 6.21. The van der Waals surface area contributed by atoms with Crippen molar-refractivity contribution in [2.24, 2.45) is 0 Å². The first-order valence-corrected chi connectivity index (χ1v) is 11.0. The average Bonchev–Trinajstić information content (AvgIpc) is 2.47. The summed E-state index contributed by atoms with van der Waals surface area (Å²) in [6, 6.07) is 9.41. The van der Waals surface area contributed by atoms with Gasteiger partial charge in [-0.05, 0) is 23.7 Å². The van der Waals surface area contributed by atoms with Crippen LogP contribution in [0.25, 0.3) is 0 Å². The van der Waals surface area contributed by atoms with E-state index in [2.05, 4.69) is 33.3 Å². The van der Waals surface area contributed by atoms with Crippen LogP contribution in [0.15, 0.2) is 43.0 Å². The third kappa shape index (κ3) is 3.98. The van der Waals surface area contributed by atoms with Crippen LogP contribution in [0, 0.1) is 12.3 Å². The Hall–Kier alpha value is -1.83. The van der Waals surface area contributed by atoms with Crippen molar-refractivity contribution in [3.05, 3.63) is 48.6 Å². The van der Waals surface area contributed by atoms with Crippen LogP contribution in [0.4, 0.5) is 0 Å². The third-order valence-corrected chi connectivity index (χ3v) is 9.35. The summed E-state index contributed by atoms with van der Waals surface area (Å²) in [6.45, 7) is 14.2. The minimum Gasteiger partial charge on any atom is -0.479 e. The van der Waals surface area contributed by atoms with Crippen molar-refractivity contribution >= 4 is 14.3 Å². The minimum absolute atomic E-state index is 0.0135. The second-order valence-corrected chi connectivity index (χ2v) is 12.3. The fourth-order valence-corrected chi connectivity index (χ4v) is 3.98. The summed E-state index contributed by atoms with van der Waals surface area (Å²) in [4.78, 5) is 12.3. The third-order valence-electron chi connectivity index (χ3n) is 4.87. The van der Waals surface area contributed by atoms with Crippen molar-refractivity contribution in [1.29, 1.82) is 0 Å². The summed E-state index contributed by atoms with van der Waals surface area (Å²) in [5.41, 5.74) is -0.676. The lowest BCUT2D eigenvalue weighted by molar-refractivity contribution is -0.157. The smallest absolute Gasteiger partial charge is 0.336 e. The SMILES string of the molecule is C#CC[C@@](O[Si](C)(C)C(C)(C)C)(C(=O)O)[C@@H](C=C)c1ccccc1. The summed E-state index contributed by atoms with van der Waals surface area (Å²) < 4.78 is 6.42. The molecule has 1 rings (SSSR count). The molecule has 4 heteroatoms. The number of rotatable bonds is 7. The molecule has 1 aromatic rings. The lowest BCUT2D eigenvalue weighted by Crippen LogP contribution is -2.56. The predicted molar refractivity (Wildman–Crippen MR) is 101 cm³/mol. The van der Waals surface area contributed by atoms with Crippen LogP contribution in [0.1, 0.15) is 38.7 Å². The van der Waals surface area contributed by atoms with E-state index in [0.29, 0.717) is 0 Å². The Balaban J connectivity index is 3.52. The van der Waals surface area contributed by atoms with Gasteiger partial charge in [-0.2, -0.15) is 0 Å². The molecule has 0 unspecified atom stereocenters. The first-order valence-electron chi connectivity index (χ1n) is 8.06. The first kappa shape index (κ1) is 20.2. The average molecular weight is 345 g/mol. The van der Waals surface area contributed by atoms with E-state index in [-0.39, 0.29) is 11.5 Å². The Labute approximate surface area is 146 Å². The van der Waals surface area contributed by atoms with Gasteiger partial charge in [-0.15, -0.1) is 18.9 Å². The molecule has 0 saturated heterocycles. The topological polar surface area (TPSA) is 46.5 Å². The minimum atomic E-state index is -2.38. The fraction of sp³-hybridized carbons (Fsp3) is 0.450. The monoisotopic (exact) mass is 344 g/mol. The molecule has 0 aliphatic carbocycles. The number of aliphatic carboxylic acids is 1. The molecule has 0 aliphatic heterocycles. The van der Waals surface area contributed by atoms with Crippen molar-refractivity contribution in [2.75, 3.05) is 0 Å². The maximum Gasteiger partial charge on any atom is 0.336 e. The molecule has 0 heterocycles. The van der Waals surface area contributed by atoms with E-state index >= 15 is 0 Å². The molecule has 0 spiro atoms. The van der Waals surface area contributed by atoms with Gasteiger partial charge in [0.2, 0.25) is 0 Å². The van der Waals surface area contributed by atoms with Gasteiger partial charge >= 0.3 is 5.97 Å². The number of carboxylic acid groups (broad SMARTS) is 1. The fourth-order valence-electron chi connectivity index (χ4n) is 2.48. The highest BCUT2D eigenvalue weighted by Crippen LogP contribution is 2.44. The lowest BCUT2D eigenvalue weighted by Gasteiger charge is -2.45. The predicted octanol–water partition coefficient (Wildman–Crippen LogP) is 4.82. The number of terminal acetylenes is 1. The summed E-state index contributed by atoms with van der Waals surface area (Å²) in [7, 11) is -2.38. The zero-order valence-corrected chi connectivity index (χ0v) is 16.3. The molecule has 1 N–H and O–H groups in total. The molecule has 0 amide bonds. The van der Waals surface area contributed by atoms with Gasteiger partial charge in [0.1, 0.15) is 0 Å². The van der Waals surface area contributed by atoms with Crippen molar-refractivity contribution in [1.82, 2.24) is 0 Å². The second kappa shape index (κ2) is 7.37. The Morgan fingerprint density at radius 1 is 1.38 bits per heavy atom. The maximum absolute atomic E-state index is 12.3. The van der Waals surface area contributed by atoms with Crippen molar-refractivity contribution in [3.8, 4) is 12.3 Å². The molecular formula is C20H28O3Si. The van der Waals surface area contributed by atoms with E-state index in [9.17, 15) is 9.90 Å². The van der Waals surface area contributed by atoms with Gasteiger partial charge < -0.3 is 9.53 Å². The summed E-state index contributed by atoms with van der Waals surface area (Å²) in [6.07, 6.45) is 7.16. The van der Waals surface area contributed by atoms with E-state index in [0.717, 1.165) is 5.56 Å². The zero-order chi connectivity index (χ0) is 18.6. The van der Waals surface area contributed by atoms with Gasteiger partial charge in [0, 0.05) is 12.3 Å². The quantitative estimate of drug-likeness (QED) is 0.438. The van der Waals surface area contributed by atoms with Crippen LogP contribution in [0.2, 0.25) is 18.1 Å². The van der Waals surface area contributed by atoms with Crippen molar-refractivity contribution in [2.45, 2.75) is 56.8 Å². The number of carboxylic acids is 1. The lowest BCUT2D eigenvalue weighted by atomic mass is 9.80. The standard InChI is InChI=1S/C20H28O3Si/c1-8-15-20(18(21)22,23-24(6,7)19(3,4)5)17(9-2)16-13-11-10-12-14-16/h1,9-14,17H,2,15H2,3-7H3,(H,21,22)/t17-,20-/m0/s1. The van der Waals surface area contributed by atoms with Crippen LogP contribution in [-0.2, 0) is 9.22 Å². The molecule has 0 aromatic heterocycles. The number of carbonyl (C=O) groups is 1. The molecule has 0 bridgehead atoms. The molecule has 0 fully saturated rings. The van der Waals surface area contributed by atoms with Crippen LogP contribution in [0.3, 0.4) is 0 Å². The zero-order valence-electron chi connectivity index (χ0n) is 15.3. The van der Waals surface area contributed by atoms with E-state index in [1.165, 1.54) is 0 Å². The molecular weight excluding hydrogens is 316 g/mol. The Morgan fingerprint density at radius 3 is 2.29 bits per heavy atom. The molecule has 24 heavy (non-hydrogen) atoms. The second-order valence-electron chi connectivity index (χ2n) is 7.56. The van der Waals surface area contributed by atoms with Gasteiger partial charge in [0.25, 0.3) is 0 Å². The van der Waals surface area contributed by atoms with Crippen molar-refractivity contribution < 1.29 is 14.3 Å². The van der Waals surface area contributed by atoms with Gasteiger partial charge in [-0.3, -0.25) is 0 Å². The summed E-state index contributed by atoms with van der Waals surface area (Å²) >= 11 is 0. The van der Waals surface area contributed by atoms with Crippen molar-refractivity contribution in [3.63, 3.8) is 0 Å². The molecule has 0 aliphatic rings. The molecule has 1 aromatic carbocycles. The summed E-state index contributed by atoms with van der Waals surface area (Å²) in [5, 5.41) is 9.97. The van der Waals surface area contributed by atoms with E-state index in [4.69, 9.17) is 10.8 Å². The van der Waals surface area contributed by atoms with Crippen LogP contribution < -0.4 is 0 Å². The number of benzene rings is 1. The number of hydrogen-bond donors (Lipinski definition) is 1. The molecule has 3 nitrogen and oxygen atoms in total. The van der Waals surface area contributed by atoms with E-state index in [1.807, 2.05) is 43.4 Å². The molecule has 0 radical (unpaired) electrons. The highest BCUT2D eigenvalue weighted by atomic mass is 28.4.